The zero-order valence-electron chi connectivity index (χ0n) is 41.5. The number of hydrogen-bond acceptors (Lipinski definition) is 6. The van der Waals surface area contributed by atoms with Gasteiger partial charge in [0.05, 0.1) is 31.9 Å². The minimum atomic E-state index is -3.30. The van der Waals surface area contributed by atoms with E-state index in [1.807, 2.05) is 84.9 Å². The molecule has 1 aliphatic rings. The third-order valence-electron chi connectivity index (χ3n) is 12.4. The summed E-state index contributed by atoms with van der Waals surface area (Å²) in [5.41, 5.74) is 7.05. The average molecular weight is 1060 g/mol. The molecule has 14 rings (SSSR count). The molecule has 0 bridgehead atoms. The second-order valence-electron chi connectivity index (χ2n) is 17.2. The van der Waals surface area contributed by atoms with Crippen LogP contribution in [0.1, 0.15) is 11.1 Å². The summed E-state index contributed by atoms with van der Waals surface area (Å²) in [7, 11) is -3.30. The summed E-state index contributed by atoms with van der Waals surface area (Å²) < 4.78 is 79.5. The van der Waals surface area contributed by atoms with Crippen molar-refractivity contribution >= 4 is 90.4 Å². The van der Waals surface area contributed by atoms with Crippen molar-refractivity contribution in [3.05, 3.63) is 278 Å². The molecule has 14 heteroatoms. The number of nitrogens with two attached hydrogens (primary N) is 1. The number of fused-ring (bicyclic) bond motifs is 12. The molecule has 3 aromatic heterocycles. The number of benzene rings is 10. The summed E-state index contributed by atoms with van der Waals surface area (Å²) in [5.74, 6) is -3.57. The molecule has 1 aliphatic heterocycles. The maximum absolute atomic E-state index is 12.3. The highest BCUT2D eigenvalue weighted by Crippen LogP contribution is 2.35. The van der Waals surface area contributed by atoms with Gasteiger partial charge in [0.15, 0.2) is 23.3 Å². The van der Waals surface area contributed by atoms with Crippen molar-refractivity contribution < 1.29 is 31.5 Å². The first-order chi connectivity index (χ1) is 37.1. The van der Waals surface area contributed by atoms with Crippen molar-refractivity contribution in [1.29, 1.82) is 0 Å². The molecule has 77 heavy (non-hydrogen) atoms. The van der Waals surface area contributed by atoms with Crippen molar-refractivity contribution in [3.8, 4) is 5.69 Å². The van der Waals surface area contributed by atoms with Crippen molar-refractivity contribution in [2.24, 2.45) is 4.72 Å². The lowest BCUT2D eigenvalue weighted by Crippen LogP contribution is -2.14. The van der Waals surface area contributed by atoms with Crippen LogP contribution in [0.5, 0.6) is 0 Å². The van der Waals surface area contributed by atoms with Crippen molar-refractivity contribution in [2.75, 3.05) is 0 Å². The first-order valence-electron chi connectivity index (χ1n) is 24.1. The Hall–Kier alpha value is -8.61. The van der Waals surface area contributed by atoms with E-state index in [-0.39, 0.29) is 33.0 Å². The quantitative estimate of drug-likeness (QED) is 0.0753. The van der Waals surface area contributed by atoms with Crippen LogP contribution in [-0.4, -0.2) is 48.9 Å². The summed E-state index contributed by atoms with van der Waals surface area (Å²) in [4.78, 5) is 14.0. The summed E-state index contributed by atoms with van der Waals surface area (Å²) in [6, 6.07) is 71.2. The van der Waals surface area contributed by atoms with E-state index in [1.54, 1.807) is 36.7 Å². The molecule has 0 saturated carbocycles. The van der Waals surface area contributed by atoms with Crippen LogP contribution in [-0.2, 0) is 16.3 Å². The monoisotopic (exact) mass is 1060 g/mol. The van der Waals surface area contributed by atoms with Gasteiger partial charge >= 0.3 is 15.4 Å². The minimum absolute atomic E-state index is 0. The Balaban J connectivity index is 0.000000127. The van der Waals surface area contributed by atoms with E-state index in [0.717, 1.165) is 49.7 Å². The normalized spacial score (nSPS) is 11.6. The molecule has 0 spiro atoms. The van der Waals surface area contributed by atoms with Gasteiger partial charge in [0.25, 0.3) is 0 Å². The highest BCUT2D eigenvalue weighted by molar-refractivity contribution is 7.91. The van der Waals surface area contributed by atoms with Gasteiger partial charge in [-0.1, -0.05) is 170 Å². The van der Waals surface area contributed by atoms with Crippen molar-refractivity contribution in [2.45, 2.75) is 22.0 Å². The molecule has 13 aromatic rings. The average Bonchev–Trinajstić information content (AvgIpc) is 3.92. The Morgan fingerprint density at radius 2 is 0.818 bits per heavy atom. The van der Waals surface area contributed by atoms with Gasteiger partial charge in [-0.3, -0.25) is 14.5 Å². The number of pyridine rings is 2. The van der Waals surface area contributed by atoms with Crippen LogP contribution in [0.25, 0.3) is 70.8 Å². The lowest BCUT2D eigenvalue weighted by atomic mass is 9.95. The van der Waals surface area contributed by atoms with E-state index in [4.69, 9.17) is 4.72 Å². The maximum Gasteiger partial charge on any atom is 0.313 e. The molecule has 0 atom stereocenters. The van der Waals surface area contributed by atoms with E-state index in [9.17, 15) is 26.0 Å². The molecule has 10 aromatic carbocycles. The van der Waals surface area contributed by atoms with Gasteiger partial charge in [-0.05, 0) is 92.0 Å². The fraction of sp³-hybridized carbons (Fsp3) is 0.0317. The Labute approximate surface area is 448 Å². The molecule has 381 valence electrons. The van der Waals surface area contributed by atoms with Crippen LogP contribution in [0.15, 0.2) is 253 Å². The number of aromatic nitrogens is 4. The van der Waals surface area contributed by atoms with E-state index >= 15 is 0 Å². The van der Waals surface area contributed by atoms with Crippen LogP contribution < -0.4 is 4.72 Å². The molecule has 0 unspecified atom stereocenters. The first kappa shape index (κ1) is 54.6. The topological polar surface area (TPSA) is 135 Å². The van der Waals surface area contributed by atoms with E-state index in [1.165, 1.54) is 32.3 Å². The third kappa shape index (κ3) is 12.2. The number of nitrogens with zero attached hydrogens (tertiary/aromatic N) is 4. The SMILES string of the molecule is Fc1cc(F)c(F)cc1F.O.O=S1(=O)c2ccccc2Cc2ccccc21.[CH3][Al][NH2].c1ccc(-n2cnc3ccccc32)cc1.c1ccc2c(c1)c1ccccc1c1ccccc21.c1cnc2c(c1)ccc1cccnc12. The highest BCUT2D eigenvalue weighted by atomic mass is 32.2. The molecule has 0 fully saturated rings. The van der Waals surface area contributed by atoms with Gasteiger partial charge < -0.3 is 10.2 Å². The minimum Gasteiger partial charge on any atom is -0.420 e. The van der Waals surface area contributed by atoms with Crippen LogP contribution in [0.3, 0.4) is 0 Å². The number of para-hydroxylation sites is 3. The lowest BCUT2D eigenvalue weighted by Gasteiger charge is -2.19. The van der Waals surface area contributed by atoms with Gasteiger partial charge in [0.1, 0.15) is 6.33 Å². The number of rotatable bonds is 1. The predicted octanol–water partition coefficient (Wildman–Crippen LogP) is 14.4. The van der Waals surface area contributed by atoms with Crippen LogP contribution >= 0.6 is 0 Å². The van der Waals surface area contributed by atoms with Gasteiger partial charge in [0, 0.05) is 47.4 Å². The van der Waals surface area contributed by atoms with Crippen molar-refractivity contribution in [3.63, 3.8) is 0 Å². The zero-order valence-corrected chi connectivity index (χ0v) is 43.5. The van der Waals surface area contributed by atoms with E-state index in [0.29, 0.717) is 16.2 Å². The fourth-order valence-corrected chi connectivity index (χ4v) is 10.7. The lowest BCUT2D eigenvalue weighted by molar-refractivity contribution is 0.454. The molecule has 4 heterocycles. The number of sulfone groups is 1. The molecular formula is C63H49AlF4N5O3S. The molecule has 4 N–H and O–H groups in total. The maximum atomic E-state index is 12.3. The van der Waals surface area contributed by atoms with Gasteiger partial charge in [-0.25, -0.2) is 31.0 Å². The zero-order chi connectivity index (χ0) is 53.0. The van der Waals surface area contributed by atoms with E-state index < -0.39 is 33.1 Å². The van der Waals surface area contributed by atoms with Crippen molar-refractivity contribution in [1.82, 2.24) is 19.5 Å². The van der Waals surface area contributed by atoms with Crippen LogP contribution in [0.2, 0.25) is 5.79 Å². The van der Waals surface area contributed by atoms with Crippen LogP contribution in [0, 0.1) is 23.3 Å². The van der Waals surface area contributed by atoms with Crippen LogP contribution in [0.4, 0.5) is 17.6 Å². The Morgan fingerprint density at radius 3 is 1.25 bits per heavy atom. The standard InChI is InChI=1S/C18H12.C13H10N2.C13H10O2S.C12H8N2.C6H2F4.CH3.Al.H2N.H2O/c1-2-8-14-13(7-1)15-9-3-4-11-17(15)18-12-6-5-10-16(14)18;1-2-6-11(7-3-1)15-10-14-12-8-4-5-9-13(12)15;14-16(15)12-7-3-1-5-10(12)9-11-6-2-4-8-13(11)16;1-3-9-5-6-10-4-2-8-14-12(10)11(9)13-7-1;7-3-1-4(8)6(10)2-5(3)9;;;;/h1-12H;1-10H;1-8H,9H2;1-8H;1-2H;1H3;;2*1H2/q;;;;;;+1;-1;. The largest absolute Gasteiger partial charge is 0.420 e. The summed E-state index contributed by atoms with van der Waals surface area (Å²) in [5, 5.41) is 10.3. The number of imidazole rings is 1. The molecule has 0 saturated heterocycles. The number of hydrogen-bond donors (Lipinski definition) is 1. The Kier molecular flexibility index (Phi) is 17.9. The Bertz CT molecular complexity index is 3890. The number of halogens is 4. The van der Waals surface area contributed by atoms with Gasteiger partial charge in [0.2, 0.25) is 9.84 Å². The molecule has 1 radical (unpaired) electrons. The van der Waals surface area contributed by atoms with Gasteiger partial charge in [-0.2, -0.15) is 0 Å². The van der Waals surface area contributed by atoms with Gasteiger partial charge in [-0.15, -0.1) is 0 Å². The smallest absolute Gasteiger partial charge is 0.313 e. The summed E-state index contributed by atoms with van der Waals surface area (Å²) in [6.45, 7) is 0. The molecule has 8 nitrogen and oxygen atoms in total. The first-order valence-corrected chi connectivity index (χ1v) is 27.4. The Morgan fingerprint density at radius 1 is 0.455 bits per heavy atom. The fourth-order valence-electron chi connectivity index (χ4n) is 8.94. The molecule has 0 aliphatic carbocycles. The molecule has 0 amide bonds. The summed E-state index contributed by atoms with van der Waals surface area (Å²) >= 11 is 0.250. The van der Waals surface area contributed by atoms with E-state index in [2.05, 4.69) is 135 Å². The second kappa shape index (κ2) is 25.3. The summed E-state index contributed by atoms with van der Waals surface area (Å²) in [6.07, 6.45) is 6.17. The third-order valence-corrected chi connectivity index (χ3v) is 14.3. The predicted molar refractivity (Wildman–Crippen MR) is 304 cm³/mol. The molecular weight excluding hydrogens is 1010 g/mol. The highest BCUT2D eigenvalue weighted by Gasteiger charge is 2.28. The second-order valence-corrected chi connectivity index (χ2v) is 19.8.